The minimum atomic E-state index is -0.00914. The van der Waals surface area contributed by atoms with E-state index in [1.54, 1.807) is 0 Å². The second kappa shape index (κ2) is 9.56. The molecule has 25 heavy (non-hydrogen) atoms. The molecule has 0 bridgehead atoms. The van der Waals surface area contributed by atoms with E-state index in [-0.39, 0.29) is 18.3 Å². The molecule has 0 spiro atoms. The van der Waals surface area contributed by atoms with E-state index in [4.69, 9.17) is 5.73 Å². The quantitative estimate of drug-likeness (QED) is 0.833. The number of nitrogens with zero attached hydrogens (tertiary/aromatic N) is 1. The number of likely N-dealkylation sites (tertiary alicyclic amines) is 1. The molecule has 2 aromatic carbocycles. The lowest BCUT2D eigenvalue weighted by molar-refractivity contribution is 0.0940. The van der Waals surface area contributed by atoms with Crippen molar-refractivity contribution in [3.8, 4) is 0 Å². The van der Waals surface area contributed by atoms with Crippen molar-refractivity contribution in [2.75, 3.05) is 13.1 Å². The molecular formula is C20H26ClN3O. The number of nitrogens with two attached hydrogens (primary N) is 1. The number of benzene rings is 2. The summed E-state index contributed by atoms with van der Waals surface area (Å²) in [5.41, 5.74) is 8.65. The second-order valence-electron chi connectivity index (χ2n) is 6.36. The van der Waals surface area contributed by atoms with Crippen LogP contribution in [0.15, 0.2) is 54.6 Å². The molecule has 1 saturated heterocycles. The maximum atomic E-state index is 12.3. The van der Waals surface area contributed by atoms with Gasteiger partial charge in [-0.05, 0) is 42.6 Å². The Morgan fingerprint density at radius 1 is 1.08 bits per heavy atom. The van der Waals surface area contributed by atoms with Crippen LogP contribution in [0, 0.1) is 0 Å². The molecule has 1 atom stereocenters. The monoisotopic (exact) mass is 359 g/mol. The summed E-state index contributed by atoms with van der Waals surface area (Å²) in [4.78, 5) is 14.8. The number of halogens is 1. The summed E-state index contributed by atoms with van der Waals surface area (Å²) >= 11 is 0. The Morgan fingerprint density at radius 2 is 1.80 bits per heavy atom. The van der Waals surface area contributed by atoms with Crippen LogP contribution in [0.1, 0.15) is 34.3 Å². The highest BCUT2D eigenvalue weighted by Gasteiger charge is 2.24. The summed E-state index contributed by atoms with van der Waals surface area (Å²) in [5.74, 6) is -0.00914. The van der Waals surface area contributed by atoms with Gasteiger partial charge in [-0.3, -0.25) is 9.69 Å². The Hall–Kier alpha value is -1.88. The number of carbonyl (C=O) groups excluding carboxylic acids is 1. The smallest absolute Gasteiger partial charge is 0.251 e. The highest BCUT2D eigenvalue weighted by Crippen LogP contribution is 2.19. The maximum absolute atomic E-state index is 12.3. The van der Waals surface area contributed by atoms with Crippen molar-refractivity contribution in [2.24, 2.45) is 5.73 Å². The Labute approximate surface area is 155 Å². The SMILES string of the molecule is Cl.NCc1ccc(C(=O)NCC2CCCN2Cc2ccccc2)cc1. The molecule has 1 fully saturated rings. The molecule has 1 heterocycles. The molecular weight excluding hydrogens is 334 g/mol. The molecule has 134 valence electrons. The van der Waals surface area contributed by atoms with Gasteiger partial charge < -0.3 is 11.1 Å². The van der Waals surface area contributed by atoms with Gasteiger partial charge in [0.1, 0.15) is 0 Å². The normalized spacial score (nSPS) is 17.1. The lowest BCUT2D eigenvalue weighted by Gasteiger charge is -2.24. The van der Waals surface area contributed by atoms with Crippen LogP contribution >= 0.6 is 12.4 Å². The summed E-state index contributed by atoms with van der Waals surface area (Å²) in [6, 6.07) is 18.4. The third kappa shape index (κ3) is 5.30. The van der Waals surface area contributed by atoms with Crippen molar-refractivity contribution in [3.05, 3.63) is 71.3 Å². The molecule has 1 aliphatic rings. The largest absolute Gasteiger partial charge is 0.350 e. The van der Waals surface area contributed by atoms with Gasteiger partial charge in [0, 0.05) is 31.2 Å². The van der Waals surface area contributed by atoms with E-state index in [2.05, 4.69) is 34.5 Å². The molecule has 5 heteroatoms. The van der Waals surface area contributed by atoms with Crippen LogP contribution in [0.3, 0.4) is 0 Å². The molecule has 0 radical (unpaired) electrons. The van der Waals surface area contributed by atoms with Crippen molar-refractivity contribution in [2.45, 2.75) is 32.0 Å². The van der Waals surface area contributed by atoms with Crippen LogP contribution < -0.4 is 11.1 Å². The number of hydrogen-bond acceptors (Lipinski definition) is 3. The Balaban J connectivity index is 0.00000225. The Morgan fingerprint density at radius 3 is 2.48 bits per heavy atom. The Kier molecular flexibility index (Phi) is 7.44. The molecule has 3 rings (SSSR count). The summed E-state index contributed by atoms with van der Waals surface area (Å²) < 4.78 is 0. The van der Waals surface area contributed by atoms with Crippen molar-refractivity contribution in [3.63, 3.8) is 0 Å². The predicted octanol–water partition coefficient (Wildman–Crippen LogP) is 2.96. The van der Waals surface area contributed by atoms with Gasteiger partial charge >= 0.3 is 0 Å². The predicted molar refractivity (Wildman–Crippen MR) is 104 cm³/mol. The summed E-state index contributed by atoms with van der Waals surface area (Å²) in [6.45, 7) is 3.25. The molecule has 0 saturated carbocycles. The van der Waals surface area contributed by atoms with Gasteiger partial charge in [0.2, 0.25) is 0 Å². The van der Waals surface area contributed by atoms with E-state index in [1.165, 1.54) is 12.0 Å². The van der Waals surface area contributed by atoms with Crippen LogP contribution in [0.5, 0.6) is 0 Å². The van der Waals surface area contributed by atoms with E-state index in [9.17, 15) is 4.79 Å². The first kappa shape index (κ1) is 19.4. The zero-order valence-corrected chi connectivity index (χ0v) is 15.2. The van der Waals surface area contributed by atoms with Crippen molar-refractivity contribution >= 4 is 18.3 Å². The number of amides is 1. The third-order valence-electron chi connectivity index (χ3n) is 4.68. The van der Waals surface area contributed by atoms with Gasteiger partial charge in [-0.25, -0.2) is 0 Å². The van der Waals surface area contributed by atoms with E-state index in [1.807, 2.05) is 30.3 Å². The van der Waals surface area contributed by atoms with E-state index < -0.39 is 0 Å². The fourth-order valence-electron chi connectivity index (χ4n) is 3.26. The molecule has 1 aliphatic heterocycles. The number of carbonyl (C=O) groups is 1. The standard InChI is InChI=1S/C20H25N3O.ClH/c21-13-16-8-10-18(11-9-16)20(24)22-14-19-7-4-12-23(19)15-17-5-2-1-3-6-17;/h1-3,5-6,8-11,19H,4,7,12-15,21H2,(H,22,24);1H. The van der Waals surface area contributed by atoms with E-state index in [0.717, 1.165) is 25.1 Å². The molecule has 0 aromatic heterocycles. The first-order valence-electron chi connectivity index (χ1n) is 8.61. The third-order valence-corrected chi connectivity index (χ3v) is 4.68. The van der Waals surface area contributed by atoms with Gasteiger partial charge in [-0.1, -0.05) is 42.5 Å². The number of nitrogens with one attached hydrogen (secondary N) is 1. The highest BCUT2D eigenvalue weighted by molar-refractivity contribution is 5.94. The van der Waals surface area contributed by atoms with Crippen LogP contribution in [0.2, 0.25) is 0 Å². The minimum Gasteiger partial charge on any atom is -0.350 e. The van der Waals surface area contributed by atoms with Gasteiger partial charge in [-0.15, -0.1) is 12.4 Å². The molecule has 1 amide bonds. The van der Waals surface area contributed by atoms with Crippen molar-refractivity contribution in [1.29, 1.82) is 0 Å². The van der Waals surface area contributed by atoms with Gasteiger partial charge in [-0.2, -0.15) is 0 Å². The fourth-order valence-corrected chi connectivity index (χ4v) is 3.26. The number of rotatable bonds is 6. The van der Waals surface area contributed by atoms with E-state index in [0.29, 0.717) is 24.7 Å². The van der Waals surface area contributed by atoms with E-state index >= 15 is 0 Å². The van der Waals surface area contributed by atoms with Crippen molar-refractivity contribution in [1.82, 2.24) is 10.2 Å². The second-order valence-corrected chi connectivity index (χ2v) is 6.36. The summed E-state index contributed by atoms with van der Waals surface area (Å²) in [7, 11) is 0. The van der Waals surface area contributed by atoms with Crippen LogP contribution in [-0.4, -0.2) is 29.9 Å². The molecule has 4 nitrogen and oxygen atoms in total. The Bertz CT molecular complexity index is 660. The highest BCUT2D eigenvalue weighted by atomic mass is 35.5. The van der Waals surface area contributed by atoms with Gasteiger partial charge in [0.15, 0.2) is 0 Å². The minimum absolute atomic E-state index is 0. The van der Waals surface area contributed by atoms with Crippen LogP contribution in [0.4, 0.5) is 0 Å². The molecule has 0 aliphatic carbocycles. The number of hydrogen-bond donors (Lipinski definition) is 2. The summed E-state index contributed by atoms with van der Waals surface area (Å²) in [5, 5.41) is 3.08. The molecule has 3 N–H and O–H groups in total. The average Bonchev–Trinajstić information content (AvgIpc) is 3.07. The molecule has 2 aromatic rings. The first-order chi connectivity index (χ1) is 11.8. The zero-order valence-electron chi connectivity index (χ0n) is 14.4. The first-order valence-corrected chi connectivity index (χ1v) is 8.61. The summed E-state index contributed by atoms with van der Waals surface area (Å²) in [6.07, 6.45) is 2.33. The van der Waals surface area contributed by atoms with Crippen molar-refractivity contribution < 1.29 is 4.79 Å². The lowest BCUT2D eigenvalue weighted by atomic mass is 10.1. The van der Waals surface area contributed by atoms with Gasteiger partial charge in [0.25, 0.3) is 5.91 Å². The lowest BCUT2D eigenvalue weighted by Crippen LogP contribution is -2.39. The van der Waals surface area contributed by atoms with Crippen LogP contribution in [0.25, 0.3) is 0 Å². The maximum Gasteiger partial charge on any atom is 0.251 e. The zero-order chi connectivity index (χ0) is 16.8. The average molecular weight is 360 g/mol. The fraction of sp³-hybridized carbons (Fsp3) is 0.350. The van der Waals surface area contributed by atoms with Gasteiger partial charge in [0.05, 0.1) is 0 Å². The topological polar surface area (TPSA) is 58.4 Å². The molecule has 1 unspecified atom stereocenters. The van der Waals surface area contributed by atoms with Crippen LogP contribution in [-0.2, 0) is 13.1 Å².